The lowest BCUT2D eigenvalue weighted by Crippen LogP contribution is -2.46. The molecule has 0 bridgehead atoms. The van der Waals surface area contributed by atoms with Crippen molar-refractivity contribution in [2.24, 2.45) is 11.3 Å². The van der Waals surface area contributed by atoms with Crippen molar-refractivity contribution in [3.8, 4) is 0 Å². The Morgan fingerprint density at radius 2 is 1.65 bits per heavy atom. The van der Waals surface area contributed by atoms with E-state index in [2.05, 4.69) is 10.6 Å². The van der Waals surface area contributed by atoms with Gasteiger partial charge in [-0.15, -0.1) is 12.4 Å². The van der Waals surface area contributed by atoms with E-state index >= 15 is 0 Å². The molecule has 2 N–H and O–H groups in total. The van der Waals surface area contributed by atoms with Crippen LogP contribution in [-0.4, -0.2) is 26.0 Å². The maximum Gasteiger partial charge on any atom is 0.233 e. The summed E-state index contributed by atoms with van der Waals surface area (Å²) < 4.78 is 0. The van der Waals surface area contributed by atoms with Crippen molar-refractivity contribution >= 4 is 18.3 Å². The molecule has 118 valence electrons. The average Bonchev–Trinajstić information content (AvgIpc) is 2.47. The van der Waals surface area contributed by atoms with E-state index in [4.69, 9.17) is 0 Å². The highest BCUT2D eigenvalue weighted by molar-refractivity contribution is 5.85. The normalized spacial score (nSPS) is 22.9. The highest BCUT2D eigenvalue weighted by atomic mass is 35.5. The number of halogens is 1. The molecule has 4 heteroatoms. The van der Waals surface area contributed by atoms with Gasteiger partial charge < -0.3 is 10.6 Å². The van der Waals surface area contributed by atoms with Crippen molar-refractivity contribution in [1.82, 2.24) is 10.6 Å². The molecule has 0 aromatic rings. The minimum atomic E-state index is 0. The first kappa shape index (κ1) is 17.8. The molecule has 0 aromatic heterocycles. The highest BCUT2D eigenvalue weighted by Crippen LogP contribution is 2.47. The lowest BCUT2D eigenvalue weighted by Gasteiger charge is -2.45. The predicted octanol–water partition coefficient (Wildman–Crippen LogP) is 3.27. The van der Waals surface area contributed by atoms with E-state index in [9.17, 15) is 4.79 Å². The molecule has 3 nitrogen and oxygen atoms in total. The fourth-order valence-electron chi connectivity index (χ4n) is 4.20. The molecule has 2 fully saturated rings. The zero-order valence-electron chi connectivity index (χ0n) is 12.9. The van der Waals surface area contributed by atoms with E-state index in [1.807, 2.05) is 7.05 Å². The second-order valence-corrected chi connectivity index (χ2v) is 6.57. The van der Waals surface area contributed by atoms with Gasteiger partial charge in [-0.3, -0.25) is 4.79 Å². The quantitative estimate of drug-likeness (QED) is 0.818. The summed E-state index contributed by atoms with van der Waals surface area (Å²) in [6, 6.07) is 0. The van der Waals surface area contributed by atoms with Gasteiger partial charge in [0.25, 0.3) is 0 Å². The largest absolute Gasteiger partial charge is 0.354 e. The number of carbonyl (C=O) groups excluding carboxylic acids is 1. The molecule has 2 saturated carbocycles. The molecule has 0 atom stereocenters. The van der Waals surface area contributed by atoms with E-state index in [-0.39, 0.29) is 18.3 Å². The number of carbonyl (C=O) groups is 1. The Balaban J connectivity index is 0.00000200. The summed E-state index contributed by atoms with van der Waals surface area (Å²) in [5.41, 5.74) is 0.419. The molecule has 2 aliphatic rings. The Hall–Kier alpha value is -0.280. The van der Waals surface area contributed by atoms with Gasteiger partial charge in [0.05, 0.1) is 6.54 Å². The van der Waals surface area contributed by atoms with Gasteiger partial charge in [0.2, 0.25) is 5.91 Å². The summed E-state index contributed by atoms with van der Waals surface area (Å²) >= 11 is 0. The summed E-state index contributed by atoms with van der Waals surface area (Å²) in [4.78, 5) is 11.7. The van der Waals surface area contributed by atoms with Crippen molar-refractivity contribution in [2.45, 2.75) is 64.2 Å². The fraction of sp³-hybridized carbons (Fsp3) is 0.938. The Kier molecular flexibility index (Phi) is 7.90. The summed E-state index contributed by atoms with van der Waals surface area (Å²) in [5, 5.41) is 6.13. The van der Waals surface area contributed by atoms with Gasteiger partial charge in [0.15, 0.2) is 0 Å². The molecular weight excluding hydrogens is 272 g/mol. The lowest BCUT2D eigenvalue weighted by molar-refractivity contribution is -0.121. The molecule has 0 heterocycles. The second kappa shape index (κ2) is 8.89. The Morgan fingerprint density at radius 1 is 1.05 bits per heavy atom. The molecule has 0 unspecified atom stereocenters. The molecule has 0 saturated heterocycles. The fourth-order valence-corrected chi connectivity index (χ4v) is 4.20. The van der Waals surface area contributed by atoms with Crippen LogP contribution < -0.4 is 10.6 Å². The Bertz CT molecular complexity index is 284. The van der Waals surface area contributed by atoms with Crippen LogP contribution in [0.4, 0.5) is 0 Å². The van der Waals surface area contributed by atoms with Crippen LogP contribution in [0, 0.1) is 11.3 Å². The van der Waals surface area contributed by atoms with Gasteiger partial charge in [-0.25, -0.2) is 0 Å². The molecule has 0 aromatic carbocycles. The summed E-state index contributed by atoms with van der Waals surface area (Å²) in [6.07, 6.45) is 13.8. The number of hydrogen-bond donors (Lipinski definition) is 2. The van der Waals surface area contributed by atoms with Gasteiger partial charge in [-0.1, -0.05) is 38.5 Å². The third kappa shape index (κ3) is 4.63. The van der Waals surface area contributed by atoms with Crippen LogP contribution >= 0.6 is 12.4 Å². The third-order valence-corrected chi connectivity index (χ3v) is 5.30. The smallest absolute Gasteiger partial charge is 0.233 e. The van der Waals surface area contributed by atoms with Crippen LogP contribution in [0.5, 0.6) is 0 Å². The highest BCUT2D eigenvalue weighted by Gasteiger charge is 2.39. The minimum Gasteiger partial charge on any atom is -0.354 e. The second-order valence-electron chi connectivity index (χ2n) is 6.57. The first-order valence-electron chi connectivity index (χ1n) is 8.18. The molecule has 0 aliphatic heterocycles. The molecule has 0 spiro atoms. The van der Waals surface area contributed by atoms with Crippen molar-refractivity contribution < 1.29 is 4.79 Å². The van der Waals surface area contributed by atoms with Crippen LogP contribution in [0.1, 0.15) is 64.2 Å². The topological polar surface area (TPSA) is 41.1 Å². The monoisotopic (exact) mass is 302 g/mol. The maximum atomic E-state index is 11.7. The van der Waals surface area contributed by atoms with Gasteiger partial charge in [0.1, 0.15) is 0 Å². The van der Waals surface area contributed by atoms with Crippen LogP contribution in [0.15, 0.2) is 0 Å². The third-order valence-electron chi connectivity index (χ3n) is 5.30. The number of nitrogens with one attached hydrogen (secondary N) is 2. The summed E-state index contributed by atoms with van der Waals surface area (Å²) in [7, 11) is 1.83. The van der Waals surface area contributed by atoms with Crippen molar-refractivity contribution in [1.29, 1.82) is 0 Å². The van der Waals surface area contributed by atoms with Crippen LogP contribution in [0.2, 0.25) is 0 Å². The number of rotatable bonds is 5. The average molecular weight is 303 g/mol. The van der Waals surface area contributed by atoms with E-state index in [0.717, 1.165) is 12.5 Å². The zero-order chi connectivity index (χ0) is 13.6. The first-order chi connectivity index (χ1) is 9.27. The predicted molar refractivity (Wildman–Crippen MR) is 86.3 cm³/mol. The number of likely N-dealkylation sites (N-methyl/N-ethyl adjacent to an activating group) is 1. The van der Waals surface area contributed by atoms with E-state index in [1.165, 1.54) is 64.2 Å². The summed E-state index contributed by atoms with van der Waals surface area (Å²) in [5.74, 6) is 1.01. The van der Waals surface area contributed by atoms with E-state index in [0.29, 0.717) is 12.0 Å². The molecule has 2 aliphatic carbocycles. The minimum absolute atomic E-state index is 0. The Labute approximate surface area is 130 Å². The molecule has 2 rings (SSSR count). The van der Waals surface area contributed by atoms with Crippen LogP contribution in [-0.2, 0) is 4.79 Å². The van der Waals surface area contributed by atoms with Crippen LogP contribution in [0.3, 0.4) is 0 Å². The SMILES string of the molecule is CNCC(=O)NCC1(C2CCCCC2)CCCCC1.Cl. The molecular formula is C16H31ClN2O. The van der Waals surface area contributed by atoms with Gasteiger partial charge in [0, 0.05) is 6.54 Å². The van der Waals surface area contributed by atoms with Gasteiger partial charge in [-0.2, -0.15) is 0 Å². The molecule has 0 radical (unpaired) electrons. The lowest BCUT2D eigenvalue weighted by atomic mass is 9.61. The van der Waals surface area contributed by atoms with E-state index in [1.54, 1.807) is 0 Å². The maximum absolute atomic E-state index is 11.7. The Morgan fingerprint density at radius 3 is 2.25 bits per heavy atom. The van der Waals surface area contributed by atoms with Crippen molar-refractivity contribution in [3.05, 3.63) is 0 Å². The number of hydrogen-bond acceptors (Lipinski definition) is 2. The number of amides is 1. The first-order valence-corrected chi connectivity index (χ1v) is 8.18. The zero-order valence-corrected chi connectivity index (χ0v) is 13.7. The summed E-state index contributed by atoms with van der Waals surface area (Å²) in [6.45, 7) is 1.36. The van der Waals surface area contributed by atoms with Crippen molar-refractivity contribution in [3.63, 3.8) is 0 Å². The van der Waals surface area contributed by atoms with Crippen LogP contribution in [0.25, 0.3) is 0 Å². The van der Waals surface area contributed by atoms with Gasteiger partial charge in [-0.05, 0) is 44.1 Å². The molecule has 20 heavy (non-hydrogen) atoms. The molecule has 1 amide bonds. The van der Waals surface area contributed by atoms with Crippen molar-refractivity contribution in [2.75, 3.05) is 20.1 Å². The van der Waals surface area contributed by atoms with Gasteiger partial charge >= 0.3 is 0 Å². The van der Waals surface area contributed by atoms with E-state index < -0.39 is 0 Å². The standard InChI is InChI=1S/C16H30N2O.ClH/c1-17-12-15(19)18-13-16(10-6-3-7-11-16)14-8-4-2-5-9-14;/h14,17H,2-13H2,1H3,(H,18,19);1H.